The lowest BCUT2D eigenvalue weighted by atomic mass is 9.84. The lowest BCUT2D eigenvalue weighted by Crippen LogP contribution is -2.42. The zero-order valence-corrected chi connectivity index (χ0v) is 15.2. The first-order valence-electron chi connectivity index (χ1n) is 8.71. The third-order valence-corrected chi connectivity index (χ3v) is 4.79. The Kier molecular flexibility index (Phi) is 5.75. The van der Waals surface area contributed by atoms with Crippen LogP contribution in [0.2, 0.25) is 0 Å². The normalized spacial score (nSPS) is 16.4. The van der Waals surface area contributed by atoms with Gasteiger partial charge < -0.3 is 20.5 Å². The molecule has 0 unspecified atom stereocenters. The van der Waals surface area contributed by atoms with Crippen molar-refractivity contribution >= 4 is 17.3 Å². The maximum atomic E-state index is 11.5. The van der Waals surface area contributed by atoms with Crippen LogP contribution in [0.3, 0.4) is 0 Å². The van der Waals surface area contributed by atoms with Crippen molar-refractivity contribution in [2.75, 3.05) is 30.4 Å². The van der Waals surface area contributed by atoms with E-state index in [1.807, 2.05) is 18.2 Å². The van der Waals surface area contributed by atoms with Gasteiger partial charge in [0.25, 0.3) is 0 Å². The van der Waals surface area contributed by atoms with Crippen LogP contribution in [0.25, 0.3) is 0 Å². The highest BCUT2D eigenvalue weighted by molar-refractivity contribution is 5.82. The molecule has 24 heavy (non-hydrogen) atoms. The molecule has 0 spiro atoms. The molecule has 0 saturated carbocycles. The molecule has 2 rings (SSSR count). The Labute approximate surface area is 144 Å². The fourth-order valence-electron chi connectivity index (χ4n) is 3.16. The molecule has 0 atom stereocenters. The predicted octanol–water partition coefficient (Wildman–Crippen LogP) is 3.27. The summed E-state index contributed by atoms with van der Waals surface area (Å²) < 4.78 is 5.49. The minimum Gasteiger partial charge on any atom is -0.481 e. The Morgan fingerprint density at radius 2 is 2.00 bits per heavy atom. The minimum atomic E-state index is -0.950. The van der Waals surface area contributed by atoms with Gasteiger partial charge in [0.1, 0.15) is 0 Å². The van der Waals surface area contributed by atoms with Crippen LogP contribution in [0.15, 0.2) is 18.2 Å². The monoisotopic (exact) mass is 334 g/mol. The second kappa shape index (κ2) is 7.43. The second-order valence-electron chi connectivity index (χ2n) is 7.59. The largest absolute Gasteiger partial charge is 0.481 e. The van der Waals surface area contributed by atoms with E-state index in [1.54, 1.807) is 13.8 Å². The first-order chi connectivity index (χ1) is 11.2. The molecule has 0 radical (unpaired) electrons. The number of hydrogen-bond donors (Lipinski definition) is 2. The van der Waals surface area contributed by atoms with Crippen molar-refractivity contribution in [3.8, 4) is 0 Å². The number of carbonyl (C=O) groups is 1. The highest BCUT2D eigenvalue weighted by Crippen LogP contribution is 2.33. The van der Waals surface area contributed by atoms with Gasteiger partial charge in [-0.1, -0.05) is 19.9 Å². The molecule has 1 saturated heterocycles. The van der Waals surface area contributed by atoms with Crippen LogP contribution in [0.1, 0.15) is 46.1 Å². The summed E-state index contributed by atoms with van der Waals surface area (Å²) in [6.45, 7) is 10.3. The van der Waals surface area contributed by atoms with Gasteiger partial charge in [0.2, 0.25) is 0 Å². The number of nitrogens with zero attached hydrogens (tertiary/aromatic N) is 1. The van der Waals surface area contributed by atoms with Crippen molar-refractivity contribution in [3.63, 3.8) is 0 Å². The van der Waals surface area contributed by atoms with E-state index in [0.717, 1.165) is 43.9 Å². The highest BCUT2D eigenvalue weighted by atomic mass is 16.5. The van der Waals surface area contributed by atoms with E-state index in [4.69, 9.17) is 10.5 Å². The molecule has 0 amide bonds. The van der Waals surface area contributed by atoms with Gasteiger partial charge in [0.15, 0.2) is 0 Å². The number of rotatable bonds is 6. The number of ether oxygens (including phenoxy) is 1. The number of anilines is 2. The SMILES string of the molecule is CC(C)CN(c1ccc(C(C)(C)C(=O)O)cc1N)C1CCOCC1. The average Bonchev–Trinajstić information content (AvgIpc) is 2.53. The van der Waals surface area contributed by atoms with Crippen LogP contribution in [-0.2, 0) is 14.9 Å². The van der Waals surface area contributed by atoms with Gasteiger partial charge >= 0.3 is 5.97 Å². The molecule has 5 nitrogen and oxygen atoms in total. The summed E-state index contributed by atoms with van der Waals surface area (Å²) in [7, 11) is 0. The lowest BCUT2D eigenvalue weighted by molar-refractivity contribution is -0.142. The minimum absolute atomic E-state index is 0.418. The molecule has 1 aliphatic rings. The quantitative estimate of drug-likeness (QED) is 0.781. The number of hydrogen-bond acceptors (Lipinski definition) is 4. The number of carboxylic acids is 1. The van der Waals surface area contributed by atoms with E-state index < -0.39 is 11.4 Å². The maximum Gasteiger partial charge on any atom is 0.313 e. The maximum absolute atomic E-state index is 11.5. The molecular weight excluding hydrogens is 304 g/mol. The molecule has 0 aliphatic carbocycles. The van der Waals surface area contributed by atoms with Gasteiger partial charge in [-0.05, 0) is 50.3 Å². The number of nitrogen functional groups attached to an aromatic ring is 1. The first-order valence-corrected chi connectivity index (χ1v) is 8.71. The number of nitrogens with two attached hydrogens (primary N) is 1. The van der Waals surface area contributed by atoms with Crippen molar-refractivity contribution < 1.29 is 14.6 Å². The van der Waals surface area contributed by atoms with Crippen LogP contribution in [-0.4, -0.2) is 36.9 Å². The molecule has 3 N–H and O–H groups in total. The summed E-state index contributed by atoms with van der Waals surface area (Å²) in [4.78, 5) is 13.9. The zero-order chi connectivity index (χ0) is 17.9. The lowest BCUT2D eigenvalue weighted by Gasteiger charge is -2.38. The predicted molar refractivity (Wildman–Crippen MR) is 97.5 cm³/mol. The summed E-state index contributed by atoms with van der Waals surface area (Å²) in [5.41, 5.74) is 7.76. The Balaban J connectivity index is 2.34. The molecule has 1 aromatic carbocycles. The standard InChI is InChI=1S/C19H30N2O3/c1-13(2)12-21(15-7-9-24-10-8-15)17-6-5-14(11-16(17)20)19(3,4)18(22)23/h5-6,11,13,15H,7-10,12,20H2,1-4H3,(H,22,23). The molecule has 134 valence electrons. The summed E-state index contributed by atoms with van der Waals surface area (Å²) in [6.07, 6.45) is 1.99. The van der Waals surface area contributed by atoms with Crippen molar-refractivity contribution in [1.82, 2.24) is 0 Å². The van der Waals surface area contributed by atoms with Crippen LogP contribution >= 0.6 is 0 Å². The van der Waals surface area contributed by atoms with Crippen molar-refractivity contribution in [3.05, 3.63) is 23.8 Å². The number of carboxylic acid groups (broad SMARTS) is 1. The van der Waals surface area contributed by atoms with E-state index in [1.165, 1.54) is 0 Å². The van der Waals surface area contributed by atoms with Crippen LogP contribution in [0.5, 0.6) is 0 Å². The van der Waals surface area contributed by atoms with Crippen molar-refractivity contribution in [2.45, 2.75) is 52.0 Å². The highest BCUT2D eigenvalue weighted by Gasteiger charge is 2.31. The molecule has 0 bridgehead atoms. The molecule has 1 fully saturated rings. The fourth-order valence-corrected chi connectivity index (χ4v) is 3.16. The molecule has 1 heterocycles. The number of benzene rings is 1. The van der Waals surface area contributed by atoms with E-state index in [0.29, 0.717) is 17.6 Å². The Bertz CT molecular complexity index is 578. The van der Waals surface area contributed by atoms with Crippen molar-refractivity contribution in [2.24, 2.45) is 5.92 Å². The molecule has 1 aliphatic heterocycles. The summed E-state index contributed by atoms with van der Waals surface area (Å²) in [5.74, 6) is -0.333. The fraction of sp³-hybridized carbons (Fsp3) is 0.632. The van der Waals surface area contributed by atoms with Gasteiger partial charge in [0, 0.05) is 25.8 Å². The van der Waals surface area contributed by atoms with E-state index in [-0.39, 0.29) is 0 Å². The van der Waals surface area contributed by atoms with Crippen LogP contribution in [0.4, 0.5) is 11.4 Å². The smallest absolute Gasteiger partial charge is 0.313 e. The molecule has 5 heteroatoms. The summed E-state index contributed by atoms with van der Waals surface area (Å²) in [6, 6.07) is 6.11. The van der Waals surface area contributed by atoms with E-state index in [2.05, 4.69) is 18.7 Å². The van der Waals surface area contributed by atoms with Gasteiger partial charge in [-0.25, -0.2) is 0 Å². The van der Waals surface area contributed by atoms with Gasteiger partial charge in [0.05, 0.1) is 16.8 Å². The Hall–Kier alpha value is -1.75. The third kappa shape index (κ3) is 4.01. The zero-order valence-electron chi connectivity index (χ0n) is 15.2. The first kappa shape index (κ1) is 18.6. The Morgan fingerprint density at radius 3 is 2.50 bits per heavy atom. The van der Waals surface area contributed by atoms with Crippen molar-refractivity contribution in [1.29, 1.82) is 0 Å². The molecular formula is C19H30N2O3. The second-order valence-corrected chi connectivity index (χ2v) is 7.59. The third-order valence-electron chi connectivity index (χ3n) is 4.79. The van der Waals surface area contributed by atoms with Gasteiger partial charge in [-0.15, -0.1) is 0 Å². The van der Waals surface area contributed by atoms with Crippen LogP contribution in [0, 0.1) is 5.92 Å². The van der Waals surface area contributed by atoms with Gasteiger partial charge in [-0.2, -0.15) is 0 Å². The topological polar surface area (TPSA) is 75.8 Å². The molecule has 0 aromatic heterocycles. The Morgan fingerprint density at radius 1 is 1.38 bits per heavy atom. The summed E-state index contributed by atoms with van der Waals surface area (Å²) >= 11 is 0. The molecule has 1 aromatic rings. The van der Waals surface area contributed by atoms with Crippen LogP contribution < -0.4 is 10.6 Å². The number of aliphatic carboxylic acids is 1. The van der Waals surface area contributed by atoms with E-state index in [9.17, 15) is 9.90 Å². The summed E-state index contributed by atoms with van der Waals surface area (Å²) in [5, 5.41) is 9.42. The van der Waals surface area contributed by atoms with Gasteiger partial charge in [-0.3, -0.25) is 4.79 Å². The average molecular weight is 334 g/mol. The van der Waals surface area contributed by atoms with E-state index >= 15 is 0 Å².